The molecule has 0 bridgehead atoms. The van der Waals surface area contributed by atoms with Gasteiger partial charge < -0.3 is 0 Å². The molecular formula is C20H17Cl2N5. The van der Waals surface area contributed by atoms with Crippen molar-refractivity contribution in [2.45, 2.75) is 0 Å². The predicted octanol–water partition coefficient (Wildman–Crippen LogP) is 5.04. The highest BCUT2D eigenvalue weighted by Crippen LogP contribution is 2.25. The predicted molar refractivity (Wildman–Crippen MR) is 112 cm³/mol. The van der Waals surface area contributed by atoms with Gasteiger partial charge in [0.2, 0.25) is 0 Å². The number of hydrazine groups is 1. The van der Waals surface area contributed by atoms with Crippen molar-refractivity contribution in [1.82, 2.24) is 14.8 Å². The minimum Gasteiger partial charge on any atom is -0.287 e. The van der Waals surface area contributed by atoms with E-state index in [4.69, 9.17) is 29.0 Å². The second-order valence-electron chi connectivity index (χ2n) is 5.67. The van der Waals surface area contributed by atoms with Crippen molar-refractivity contribution in [2.75, 3.05) is 5.01 Å². The van der Waals surface area contributed by atoms with Crippen molar-refractivity contribution in [3.8, 4) is 5.69 Å². The third-order valence-corrected chi connectivity index (χ3v) is 4.28. The molecule has 7 heteroatoms. The quantitative estimate of drug-likeness (QED) is 0.274. The van der Waals surface area contributed by atoms with Crippen LogP contribution in [0.1, 0.15) is 5.69 Å². The van der Waals surface area contributed by atoms with E-state index in [0.29, 0.717) is 27.0 Å². The molecule has 2 heterocycles. The Morgan fingerprint density at radius 3 is 2.67 bits per heavy atom. The lowest BCUT2D eigenvalue weighted by Crippen LogP contribution is -2.24. The second-order valence-corrected chi connectivity index (χ2v) is 6.50. The van der Waals surface area contributed by atoms with Crippen LogP contribution in [-0.2, 0) is 0 Å². The zero-order chi connectivity index (χ0) is 19.4. The van der Waals surface area contributed by atoms with Gasteiger partial charge in [0.05, 0.1) is 23.3 Å². The number of nitrogens with zero attached hydrogens (tertiary/aromatic N) is 4. The Labute approximate surface area is 167 Å². The number of benzene rings is 1. The van der Waals surface area contributed by atoms with Crippen molar-refractivity contribution in [2.24, 2.45) is 5.84 Å². The summed E-state index contributed by atoms with van der Waals surface area (Å²) in [5.74, 6) is 6.03. The maximum absolute atomic E-state index is 6.08. The number of rotatable bonds is 6. The molecule has 0 saturated carbocycles. The van der Waals surface area contributed by atoms with Crippen LogP contribution >= 0.6 is 23.2 Å². The van der Waals surface area contributed by atoms with Gasteiger partial charge in [-0.05, 0) is 47.6 Å². The lowest BCUT2D eigenvalue weighted by Gasteiger charge is -2.14. The normalized spacial score (nSPS) is 10.9. The highest BCUT2D eigenvalue weighted by molar-refractivity contribution is 6.30. The van der Waals surface area contributed by atoms with E-state index in [-0.39, 0.29) is 0 Å². The molecule has 2 aromatic heterocycles. The standard InChI is InChI=1S/C20H17Cl2N5/c1-14(8-11-26(23)17-6-9-24-20(22)13-17)15(2)19-7-10-25-27(19)18-5-3-4-16(21)12-18/h3-13H,1-2,23H2/b11-8-. The van der Waals surface area contributed by atoms with Crippen molar-refractivity contribution < 1.29 is 0 Å². The van der Waals surface area contributed by atoms with Crippen LogP contribution in [0.3, 0.4) is 0 Å². The summed E-state index contributed by atoms with van der Waals surface area (Å²) in [6, 6.07) is 12.7. The maximum atomic E-state index is 6.08. The lowest BCUT2D eigenvalue weighted by molar-refractivity contribution is 0.867. The first-order valence-electron chi connectivity index (χ1n) is 7.98. The second kappa shape index (κ2) is 8.22. The van der Waals surface area contributed by atoms with Gasteiger partial charge in [0.25, 0.3) is 0 Å². The first-order chi connectivity index (χ1) is 13.0. The van der Waals surface area contributed by atoms with E-state index in [1.165, 1.54) is 5.01 Å². The van der Waals surface area contributed by atoms with E-state index in [1.807, 2.05) is 30.3 Å². The molecule has 0 aliphatic carbocycles. The number of hydrogen-bond donors (Lipinski definition) is 1. The molecule has 0 spiro atoms. The monoisotopic (exact) mass is 397 g/mol. The SMILES string of the molecule is C=C(/C=C\N(N)c1ccnc(Cl)c1)C(=C)c1ccnn1-c1cccc(Cl)c1. The molecule has 0 atom stereocenters. The minimum atomic E-state index is 0.366. The topological polar surface area (TPSA) is 60.0 Å². The maximum Gasteiger partial charge on any atom is 0.131 e. The van der Waals surface area contributed by atoms with E-state index < -0.39 is 0 Å². The molecular weight excluding hydrogens is 381 g/mol. The average Bonchev–Trinajstić information content (AvgIpc) is 3.15. The van der Waals surface area contributed by atoms with Gasteiger partial charge in [-0.3, -0.25) is 5.01 Å². The Morgan fingerprint density at radius 2 is 1.93 bits per heavy atom. The highest BCUT2D eigenvalue weighted by Gasteiger charge is 2.10. The van der Waals surface area contributed by atoms with Gasteiger partial charge in [0, 0.05) is 23.5 Å². The first-order valence-corrected chi connectivity index (χ1v) is 8.73. The number of pyridine rings is 1. The summed E-state index contributed by atoms with van der Waals surface area (Å²) in [5.41, 5.74) is 3.75. The fourth-order valence-corrected chi connectivity index (χ4v) is 2.77. The summed E-state index contributed by atoms with van der Waals surface area (Å²) in [6.45, 7) is 8.21. The molecule has 5 nitrogen and oxygen atoms in total. The summed E-state index contributed by atoms with van der Waals surface area (Å²) >= 11 is 12.0. The van der Waals surface area contributed by atoms with E-state index in [1.54, 1.807) is 41.5 Å². The molecule has 3 aromatic rings. The first kappa shape index (κ1) is 18.9. The molecule has 0 fully saturated rings. The Morgan fingerprint density at radius 1 is 1.11 bits per heavy atom. The highest BCUT2D eigenvalue weighted by atomic mass is 35.5. The number of halogens is 2. The van der Waals surface area contributed by atoms with Crippen molar-refractivity contribution in [3.05, 3.63) is 102 Å². The van der Waals surface area contributed by atoms with Crippen LogP contribution in [0.15, 0.2) is 85.9 Å². The van der Waals surface area contributed by atoms with Crippen LogP contribution in [0.4, 0.5) is 5.69 Å². The largest absolute Gasteiger partial charge is 0.287 e. The Kier molecular flexibility index (Phi) is 5.76. The number of anilines is 1. The molecule has 3 rings (SSSR count). The van der Waals surface area contributed by atoms with Gasteiger partial charge in [-0.15, -0.1) is 0 Å². The molecule has 27 heavy (non-hydrogen) atoms. The van der Waals surface area contributed by atoms with Gasteiger partial charge in [0.15, 0.2) is 0 Å². The fourth-order valence-electron chi connectivity index (χ4n) is 2.42. The van der Waals surface area contributed by atoms with Gasteiger partial charge in [-0.2, -0.15) is 5.10 Å². The van der Waals surface area contributed by atoms with Crippen LogP contribution in [0.2, 0.25) is 10.2 Å². The van der Waals surface area contributed by atoms with Crippen LogP contribution in [0, 0.1) is 0 Å². The van der Waals surface area contributed by atoms with Gasteiger partial charge >= 0.3 is 0 Å². The average molecular weight is 398 g/mol. The fraction of sp³-hybridized carbons (Fsp3) is 0. The molecule has 0 amide bonds. The molecule has 1 aromatic carbocycles. The summed E-state index contributed by atoms with van der Waals surface area (Å²) in [7, 11) is 0. The van der Waals surface area contributed by atoms with Gasteiger partial charge in [-0.25, -0.2) is 15.5 Å². The zero-order valence-corrected chi connectivity index (χ0v) is 15.9. The van der Waals surface area contributed by atoms with E-state index in [2.05, 4.69) is 23.2 Å². The molecule has 0 aliphatic rings. The van der Waals surface area contributed by atoms with Crippen LogP contribution < -0.4 is 10.9 Å². The van der Waals surface area contributed by atoms with Crippen molar-refractivity contribution in [3.63, 3.8) is 0 Å². The van der Waals surface area contributed by atoms with Crippen LogP contribution in [0.5, 0.6) is 0 Å². The summed E-state index contributed by atoms with van der Waals surface area (Å²) < 4.78 is 1.76. The minimum absolute atomic E-state index is 0.366. The molecule has 0 unspecified atom stereocenters. The third kappa shape index (κ3) is 4.46. The molecule has 0 aliphatic heterocycles. The summed E-state index contributed by atoms with van der Waals surface area (Å²) in [4.78, 5) is 3.93. The molecule has 0 radical (unpaired) electrons. The van der Waals surface area contributed by atoms with Gasteiger partial charge in [-0.1, -0.05) is 42.4 Å². The van der Waals surface area contributed by atoms with Crippen molar-refractivity contribution >= 4 is 34.5 Å². The van der Waals surface area contributed by atoms with E-state index in [0.717, 1.165) is 11.4 Å². The number of nitrogens with two attached hydrogens (primary N) is 1. The lowest BCUT2D eigenvalue weighted by atomic mass is 10.1. The molecule has 136 valence electrons. The Balaban J connectivity index is 1.79. The van der Waals surface area contributed by atoms with E-state index >= 15 is 0 Å². The smallest absolute Gasteiger partial charge is 0.131 e. The molecule has 0 saturated heterocycles. The molecule has 2 N–H and O–H groups in total. The third-order valence-electron chi connectivity index (χ3n) is 3.84. The zero-order valence-electron chi connectivity index (χ0n) is 14.4. The summed E-state index contributed by atoms with van der Waals surface area (Å²) in [6.07, 6.45) is 6.74. The number of hydrogen-bond acceptors (Lipinski definition) is 4. The van der Waals surface area contributed by atoms with Crippen molar-refractivity contribution in [1.29, 1.82) is 0 Å². The van der Waals surface area contributed by atoms with E-state index in [9.17, 15) is 0 Å². The Bertz CT molecular complexity index is 1020. The number of allylic oxidation sites excluding steroid dienone is 3. The van der Waals surface area contributed by atoms with Crippen LogP contribution in [0.25, 0.3) is 11.3 Å². The number of aromatic nitrogens is 3. The summed E-state index contributed by atoms with van der Waals surface area (Å²) in [5, 5.41) is 6.79. The van der Waals surface area contributed by atoms with Gasteiger partial charge in [0.1, 0.15) is 5.15 Å². The van der Waals surface area contributed by atoms with Crippen LogP contribution in [-0.4, -0.2) is 14.8 Å². The Hall–Kier alpha value is -2.86.